The maximum Gasteiger partial charge on any atom is 0.342 e. The fourth-order valence-electron chi connectivity index (χ4n) is 4.34. The lowest BCUT2D eigenvalue weighted by Gasteiger charge is -2.33. The molecule has 8 nitrogen and oxygen atoms in total. The number of rotatable bonds is 10. The van der Waals surface area contributed by atoms with Gasteiger partial charge in [0.2, 0.25) is 5.60 Å². The average Bonchev–Trinajstić information content (AvgIpc) is 3.26. The van der Waals surface area contributed by atoms with Crippen LogP contribution in [-0.2, 0) is 34.5 Å². The summed E-state index contributed by atoms with van der Waals surface area (Å²) >= 11 is 0. The fourth-order valence-corrected chi connectivity index (χ4v) is 4.34. The third-order valence-corrected chi connectivity index (χ3v) is 6.10. The number of hydrogen-bond acceptors (Lipinski definition) is 4. The number of amides is 2. The lowest BCUT2D eigenvalue weighted by atomic mass is 9.90. The topological polar surface area (TPSA) is 127 Å². The third-order valence-electron chi connectivity index (χ3n) is 6.10. The molecule has 0 saturated carbocycles. The summed E-state index contributed by atoms with van der Waals surface area (Å²) in [5.41, 5.74) is 0.763. The Bertz CT molecular complexity index is 1040. The Morgan fingerprint density at radius 2 is 1.71 bits per heavy atom. The van der Waals surface area contributed by atoms with Gasteiger partial charge in [0, 0.05) is 13.0 Å². The molecule has 182 valence electrons. The highest BCUT2D eigenvalue weighted by Crippen LogP contribution is 2.30. The van der Waals surface area contributed by atoms with Crippen LogP contribution in [-0.4, -0.2) is 57.3 Å². The van der Waals surface area contributed by atoms with E-state index in [4.69, 9.17) is 0 Å². The van der Waals surface area contributed by atoms with Gasteiger partial charge >= 0.3 is 18.0 Å². The monoisotopic (exact) mass is 468 g/mol. The first-order chi connectivity index (χ1) is 16.1. The summed E-state index contributed by atoms with van der Waals surface area (Å²) in [5, 5.41) is 33.4. The van der Waals surface area contributed by atoms with Gasteiger partial charge in [0.1, 0.15) is 6.04 Å². The molecule has 0 saturated heterocycles. The van der Waals surface area contributed by atoms with Crippen molar-refractivity contribution in [1.29, 1.82) is 0 Å². The van der Waals surface area contributed by atoms with Crippen molar-refractivity contribution < 1.29 is 29.7 Å². The van der Waals surface area contributed by atoms with E-state index in [2.05, 4.69) is 5.32 Å². The number of fused-ring (bicyclic) bond motifs is 1. The maximum absolute atomic E-state index is 13.2. The highest BCUT2D eigenvalue weighted by molar-refractivity contribution is 5.84. The van der Waals surface area contributed by atoms with Crippen LogP contribution in [0, 0.1) is 5.92 Å². The Morgan fingerprint density at radius 1 is 1.03 bits per heavy atom. The highest BCUT2D eigenvalue weighted by atomic mass is 16.4. The van der Waals surface area contributed by atoms with E-state index in [1.807, 2.05) is 26.0 Å². The fraction of sp³-hybridized carbons (Fsp3) is 0.423. The largest absolute Gasteiger partial charge is 0.480 e. The summed E-state index contributed by atoms with van der Waals surface area (Å²) in [6.45, 7) is 3.34. The minimum atomic E-state index is -2.33. The second-order valence-corrected chi connectivity index (χ2v) is 9.31. The van der Waals surface area contributed by atoms with Crippen molar-refractivity contribution in [2.45, 2.75) is 51.2 Å². The number of aryl methyl sites for hydroxylation is 2. The van der Waals surface area contributed by atoms with Gasteiger partial charge in [-0.3, -0.25) is 0 Å². The molecule has 0 aliphatic heterocycles. The van der Waals surface area contributed by atoms with Gasteiger partial charge in [-0.15, -0.1) is 0 Å². The molecule has 0 fully saturated rings. The van der Waals surface area contributed by atoms with Crippen molar-refractivity contribution in [1.82, 2.24) is 10.2 Å². The van der Waals surface area contributed by atoms with Crippen molar-refractivity contribution in [3.05, 3.63) is 70.8 Å². The first kappa shape index (κ1) is 25.2. The van der Waals surface area contributed by atoms with Gasteiger partial charge in [0.15, 0.2) is 0 Å². The van der Waals surface area contributed by atoms with Crippen molar-refractivity contribution in [2.75, 3.05) is 13.1 Å². The normalized spacial score (nSPS) is 15.3. The summed E-state index contributed by atoms with van der Waals surface area (Å²) in [7, 11) is 0. The van der Waals surface area contributed by atoms with Crippen LogP contribution in [0.1, 0.15) is 42.5 Å². The first-order valence-electron chi connectivity index (χ1n) is 11.5. The lowest BCUT2D eigenvalue weighted by Crippen LogP contribution is -2.55. The van der Waals surface area contributed by atoms with Crippen LogP contribution in [0.3, 0.4) is 0 Å². The predicted octanol–water partition coefficient (Wildman–Crippen LogP) is 2.81. The van der Waals surface area contributed by atoms with E-state index in [0.29, 0.717) is 0 Å². The molecule has 0 heterocycles. The predicted molar refractivity (Wildman–Crippen MR) is 127 cm³/mol. The quantitative estimate of drug-likeness (QED) is 0.425. The zero-order chi connectivity index (χ0) is 24.9. The molecule has 0 bridgehead atoms. The maximum atomic E-state index is 13.2. The van der Waals surface area contributed by atoms with E-state index in [1.165, 1.54) is 4.90 Å². The van der Waals surface area contributed by atoms with Crippen LogP contribution in [0.5, 0.6) is 0 Å². The van der Waals surface area contributed by atoms with Crippen LogP contribution in [0.2, 0.25) is 0 Å². The summed E-state index contributed by atoms with van der Waals surface area (Å²) in [5.74, 6) is -2.71. The van der Waals surface area contributed by atoms with E-state index >= 15 is 0 Å². The molecular weight excluding hydrogens is 436 g/mol. The standard InChI is InChI=1S/C26H32N2O6/c1-17(2)15-28(25(33)27-22(23(29)30)13-18-7-4-3-5-8-18)16-26(34,24(31)32)21-12-11-19-9-6-10-20(19)14-21/h3-5,7-8,11-12,14,17,22,34H,6,9-10,13,15-16H2,1-2H3,(H,27,33)(H,29,30)(H,31,32)/t22-,26+/m0/s1. The second kappa shape index (κ2) is 10.7. The molecule has 4 N–H and O–H groups in total. The van der Waals surface area contributed by atoms with Crippen molar-refractivity contribution in [3.8, 4) is 0 Å². The number of carbonyl (C=O) groups is 3. The number of hydrogen-bond donors (Lipinski definition) is 4. The zero-order valence-corrected chi connectivity index (χ0v) is 19.5. The smallest absolute Gasteiger partial charge is 0.342 e. The average molecular weight is 469 g/mol. The number of carboxylic acids is 2. The molecule has 0 radical (unpaired) electrons. The molecule has 2 aromatic carbocycles. The molecule has 0 unspecified atom stereocenters. The van der Waals surface area contributed by atoms with E-state index in [-0.39, 0.29) is 24.4 Å². The SMILES string of the molecule is CC(C)CN(C[C@](O)(C(=O)O)c1ccc2c(c1)CCC2)C(=O)N[C@@H](Cc1ccccc1)C(=O)O. The Kier molecular flexibility index (Phi) is 7.94. The van der Waals surface area contributed by atoms with E-state index in [9.17, 15) is 29.7 Å². The first-order valence-corrected chi connectivity index (χ1v) is 11.5. The Hall–Kier alpha value is -3.39. The summed E-state index contributed by atoms with van der Waals surface area (Å²) < 4.78 is 0. The van der Waals surface area contributed by atoms with Gasteiger partial charge in [0.25, 0.3) is 0 Å². The van der Waals surface area contributed by atoms with E-state index < -0.39 is 36.2 Å². The molecule has 1 aliphatic rings. The lowest BCUT2D eigenvalue weighted by molar-refractivity contribution is -0.161. The van der Waals surface area contributed by atoms with Crippen molar-refractivity contribution in [3.63, 3.8) is 0 Å². The van der Waals surface area contributed by atoms with Crippen LogP contribution >= 0.6 is 0 Å². The number of nitrogens with zero attached hydrogens (tertiary/aromatic N) is 1. The summed E-state index contributed by atoms with van der Waals surface area (Å²) in [4.78, 5) is 38.4. The van der Waals surface area contributed by atoms with Gasteiger partial charge in [-0.2, -0.15) is 0 Å². The van der Waals surface area contributed by atoms with Crippen LogP contribution < -0.4 is 5.32 Å². The zero-order valence-electron chi connectivity index (χ0n) is 19.5. The molecule has 2 atom stereocenters. The number of carbonyl (C=O) groups excluding carboxylic acids is 1. The number of benzene rings is 2. The summed E-state index contributed by atoms with van der Waals surface area (Å²) in [6.07, 6.45) is 2.78. The van der Waals surface area contributed by atoms with Crippen LogP contribution in [0.25, 0.3) is 0 Å². The highest BCUT2D eigenvalue weighted by Gasteiger charge is 2.42. The second-order valence-electron chi connectivity index (χ2n) is 9.31. The van der Waals surface area contributed by atoms with Gasteiger partial charge in [-0.25, -0.2) is 14.4 Å². The van der Waals surface area contributed by atoms with E-state index in [1.54, 1.807) is 36.4 Å². The Balaban J connectivity index is 1.84. The summed E-state index contributed by atoms with van der Waals surface area (Å²) in [6, 6.07) is 12.1. The molecule has 2 amide bonds. The molecule has 1 aliphatic carbocycles. The number of aliphatic carboxylic acids is 2. The molecule has 2 aromatic rings. The number of aliphatic hydroxyl groups is 1. The van der Waals surface area contributed by atoms with Crippen molar-refractivity contribution in [2.24, 2.45) is 5.92 Å². The number of nitrogens with one attached hydrogen (secondary N) is 1. The molecule has 0 aromatic heterocycles. The molecule has 34 heavy (non-hydrogen) atoms. The number of carboxylic acid groups (broad SMARTS) is 2. The molecule has 3 rings (SSSR count). The van der Waals surface area contributed by atoms with Gasteiger partial charge in [0.05, 0.1) is 6.54 Å². The Labute approximate surface area is 199 Å². The van der Waals surface area contributed by atoms with E-state index in [0.717, 1.165) is 36.0 Å². The molecule has 0 spiro atoms. The van der Waals surface area contributed by atoms with Gasteiger partial charge < -0.3 is 25.5 Å². The van der Waals surface area contributed by atoms with Crippen molar-refractivity contribution >= 4 is 18.0 Å². The minimum absolute atomic E-state index is 0.0405. The minimum Gasteiger partial charge on any atom is -0.480 e. The third kappa shape index (κ3) is 5.94. The molecule has 8 heteroatoms. The van der Waals surface area contributed by atoms with Crippen LogP contribution in [0.15, 0.2) is 48.5 Å². The van der Waals surface area contributed by atoms with Crippen LogP contribution in [0.4, 0.5) is 4.79 Å². The van der Waals surface area contributed by atoms with Gasteiger partial charge in [-0.05, 0) is 47.4 Å². The Morgan fingerprint density at radius 3 is 2.32 bits per heavy atom. The molecular formula is C26H32N2O6. The van der Waals surface area contributed by atoms with Gasteiger partial charge in [-0.1, -0.05) is 62.4 Å². The number of urea groups is 1.